The van der Waals surface area contributed by atoms with Crippen molar-refractivity contribution >= 4 is 5.78 Å². The molecule has 0 bridgehead atoms. The van der Waals surface area contributed by atoms with Crippen molar-refractivity contribution in [3.05, 3.63) is 0 Å². The Balaban J connectivity index is 4.38. The number of hydrogen-bond donors (Lipinski definition) is 2. The molecule has 0 aliphatic carbocycles. The van der Waals surface area contributed by atoms with E-state index in [1.54, 1.807) is 20.9 Å². The second-order valence-electron chi connectivity index (χ2n) is 2.68. The normalized spacial score (nSPS) is 19.7. The first-order valence-corrected chi connectivity index (χ1v) is 3.33. The zero-order valence-electron chi connectivity index (χ0n) is 6.93. The number of likely N-dealkylation sites (N-methyl/N-ethyl adjacent to an activating group) is 1. The third-order valence-corrected chi connectivity index (χ3v) is 2.09. The maximum atomic E-state index is 10.9. The predicted octanol–water partition coefficient (Wildman–Crippen LogP) is -0.0657. The van der Waals surface area contributed by atoms with E-state index >= 15 is 0 Å². The van der Waals surface area contributed by atoms with Crippen LogP contribution in [0.4, 0.5) is 0 Å². The standard InChI is InChI=1S/C7H15NO2/c1-5(9)7(3,8-4)6(2)10/h5,8-9H,1-4H3. The van der Waals surface area contributed by atoms with E-state index in [-0.39, 0.29) is 5.78 Å². The van der Waals surface area contributed by atoms with E-state index in [4.69, 9.17) is 5.11 Å². The molecule has 0 aromatic carbocycles. The molecule has 0 saturated heterocycles. The SMILES string of the molecule is CNC(C)(C(C)=O)C(C)O. The second-order valence-corrected chi connectivity index (χ2v) is 2.68. The fourth-order valence-electron chi connectivity index (χ4n) is 0.679. The van der Waals surface area contributed by atoms with Crippen LogP contribution in [0, 0.1) is 0 Å². The molecule has 10 heavy (non-hydrogen) atoms. The van der Waals surface area contributed by atoms with Gasteiger partial charge in [0.2, 0.25) is 0 Å². The van der Waals surface area contributed by atoms with Crippen LogP contribution in [0.3, 0.4) is 0 Å². The Morgan fingerprint density at radius 1 is 1.70 bits per heavy atom. The van der Waals surface area contributed by atoms with Crippen LogP contribution in [-0.4, -0.2) is 29.6 Å². The summed E-state index contributed by atoms with van der Waals surface area (Å²) in [7, 11) is 1.66. The van der Waals surface area contributed by atoms with Crippen molar-refractivity contribution in [2.75, 3.05) is 7.05 Å². The van der Waals surface area contributed by atoms with Gasteiger partial charge >= 0.3 is 0 Å². The van der Waals surface area contributed by atoms with Gasteiger partial charge in [0, 0.05) is 0 Å². The largest absolute Gasteiger partial charge is 0.391 e. The first-order valence-electron chi connectivity index (χ1n) is 3.33. The average Bonchev–Trinajstić information content (AvgIpc) is 1.85. The summed E-state index contributed by atoms with van der Waals surface area (Å²) in [5.41, 5.74) is -0.792. The maximum Gasteiger partial charge on any atom is 0.152 e. The first kappa shape index (κ1) is 9.59. The summed E-state index contributed by atoms with van der Waals surface area (Å²) in [5, 5.41) is 11.9. The summed E-state index contributed by atoms with van der Waals surface area (Å²) >= 11 is 0. The number of carbonyl (C=O) groups excluding carboxylic acids is 1. The highest BCUT2D eigenvalue weighted by Gasteiger charge is 2.32. The van der Waals surface area contributed by atoms with Crippen molar-refractivity contribution < 1.29 is 9.90 Å². The van der Waals surface area contributed by atoms with Crippen molar-refractivity contribution in [1.82, 2.24) is 5.32 Å². The van der Waals surface area contributed by atoms with E-state index in [2.05, 4.69) is 5.32 Å². The van der Waals surface area contributed by atoms with Crippen LogP contribution >= 0.6 is 0 Å². The van der Waals surface area contributed by atoms with E-state index in [0.717, 1.165) is 0 Å². The van der Waals surface area contributed by atoms with Crippen LogP contribution in [-0.2, 0) is 4.79 Å². The Hall–Kier alpha value is -0.410. The minimum atomic E-state index is -0.792. The van der Waals surface area contributed by atoms with Gasteiger partial charge in [0.25, 0.3) is 0 Å². The minimum absolute atomic E-state index is 0.0509. The molecule has 0 aromatic heterocycles. The van der Waals surface area contributed by atoms with Gasteiger partial charge < -0.3 is 10.4 Å². The second kappa shape index (κ2) is 3.12. The summed E-state index contributed by atoms with van der Waals surface area (Å²) in [6, 6.07) is 0. The summed E-state index contributed by atoms with van der Waals surface area (Å²) in [5.74, 6) is -0.0509. The third-order valence-electron chi connectivity index (χ3n) is 2.09. The quantitative estimate of drug-likeness (QED) is 0.584. The van der Waals surface area contributed by atoms with Gasteiger partial charge in [-0.05, 0) is 27.8 Å². The van der Waals surface area contributed by atoms with Crippen LogP contribution in [0.1, 0.15) is 20.8 Å². The van der Waals surface area contributed by atoms with Crippen LogP contribution in [0.5, 0.6) is 0 Å². The van der Waals surface area contributed by atoms with Crippen molar-refractivity contribution in [3.8, 4) is 0 Å². The Bertz CT molecular complexity index is 134. The first-order chi connectivity index (χ1) is 4.45. The lowest BCUT2D eigenvalue weighted by Crippen LogP contribution is -2.54. The number of carbonyl (C=O) groups is 1. The smallest absolute Gasteiger partial charge is 0.152 e. The summed E-state index contributed by atoms with van der Waals surface area (Å²) in [6.07, 6.45) is -0.657. The van der Waals surface area contributed by atoms with Gasteiger partial charge in [0.1, 0.15) is 0 Å². The fourth-order valence-corrected chi connectivity index (χ4v) is 0.679. The lowest BCUT2D eigenvalue weighted by Gasteiger charge is -2.28. The minimum Gasteiger partial charge on any atom is -0.391 e. The fraction of sp³-hybridized carbons (Fsp3) is 0.857. The third kappa shape index (κ3) is 1.55. The molecule has 0 radical (unpaired) electrons. The van der Waals surface area contributed by atoms with Gasteiger partial charge in [-0.3, -0.25) is 4.79 Å². The molecule has 0 heterocycles. The van der Waals surface area contributed by atoms with Crippen molar-refractivity contribution in [2.45, 2.75) is 32.4 Å². The Morgan fingerprint density at radius 2 is 2.10 bits per heavy atom. The van der Waals surface area contributed by atoms with Crippen molar-refractivity contribution in [2.24, 2.45) is 0 Å². The molecule has 2 unspecified atom stereocenters. The Kier molecular flexibility index (Phi) is 2.99. The van der Waals surface area contributed by atoms with E-state index in [9.17, 15) is 4.79 Å². The van der Waals surface area contributed by atoms with E-state index < -0.39 is 11.6 Å². The molecule has 3 heteroatoms. The van der Waals surface area contributed by atoms with Crippen LogP contribution in [0.25, 0.3) is 0 Å². The maximum absolute atomic E-state index is 10.9. The van der Waals surface area contributed by atoms with Gasteiger partial charge in [-0.1, -0.05) is 0 Å². The zero-order valence-corrected chi connectivity index (χ0v) is 6.93. The lowest BCUT2D eigenvalue weighted by molar-refractivity contribution is -0.126. The Morgan fingerprint density at radius 3 is 2.10 bits per heavy atom. The summed E-state index contributed by atoms with van der Waals surface area (Å²) in [4.78, 5) is 10.9. The monoisotopic (exact) mass is 145 g/mol. The highest BCUT2D eigenvalue weighted by molar-refractivity contribution is 5.86. The molecule has 2 atom stereocenters. The molecule has 60 valence electrons. The van der Waals surface area contributed by atoms with Crippen molar-refractivity contribution in [1.29, 1.82) is 0 Å². The number of aliphatic hydroxyl groups excluding tert-OH is 1. The highest BCUT2D eigenvalue weighted by atomic mass is 16.3. The average molecular weight is 145 g/mol. The molecule has 3 nitrogen and oxygen atoms in total. The van der Waals surface area contributed by atoms with Gasteiger partial charge in [0.05, 0.1) is 11.6 Å². The molecule has 0 spiro atoms. The summed E-state index contributed by atoms with van der Waals surface area (Å²) < 4.78 is 0. The molecule has 0 amide bonds. The lowest BCUT2D eigenvalue weighted by atomic mass is 9.92. The van der Waals surface area contributed by atoms with Gasteiger partial charge in [-0.25, -0.2) is 0 Å². The molecule has 0 rings (SSSR count). The molecular formula is C7H15NO2. The van der Waals surface area contributed by atoms with Gasteiger partial charge in [-0.2, -0.15) is 0 Å². The van der Waals surface area contributed by atoms with Crippen LogP contribution in [0.2, 0.25) is 0 Å². The molecule has 0 aliphatic rings. The predicted molar refractivity (Wildman–Crippen MR) is 39.8 cm³/mol. The number of ketones is 1. The molecule has 2 N–H and O–H groups in total. The number of rotatable bonds is 3. The van der Waals surface area contributed by atoms with Crippen LogP contribution < -0.4 is 5.32 Å². The van der Waals surface area contributed by atoms with Gasteiger partial charge in [0.15, 0.2) is 5.78 Å². The molecule has 0 aliphatic heterocycles. The molecule has 0 aromatic rings. The van der Waals surface area contributed by atoms with Crippen molar-refractivity contribution in [3.63, 3.8) is 0 Å². The number of Topliss-reactive ketones (excluding diaryl/α,β-unsaturated/α-hetero) is 1. The van der Waals surface area contributed by atoms with Crippen LogP contribution in [0.15, 0.2) is 0 Å². The Labute approximate surface area is 61.4 Å². The van der Waals surface area contributed by atoms with E-state index in [1.807, 2.05) is 0 Å². The zero-order chi connectivity index (χ0) is 8.36. The van der Waals surface area contributed by atoms with E-state index in [0.29, 0.717) is 0 Å². The highest BCUT2D eigenvalue weighted by Crippen LogP contribution is 2.09. The number of hydrogen-bond acceptors (Lipinski definition) is 3. The van der Waals surface area contributed by atoms with Gasteiger partial charge in [-0.15, -0.1) is 0 Å². The number of nitrogens with one attached hydrogen (secondary N) is 1. The number of aliphatic hydroxyl groups is 1. The van der Waals surface area contributed by atoms with E-state index in [1.165, 1.54) is 6.92 Å². The molecular weight excluding hydrogens is 130 g/mol. The topological polar surface area (TPSA) is 49.3 Å². The molecule has 0 fully saturated rings. The molecule has 0 saturated carbocycles. The summed E-state index contributed by atoms with van der Waals surface area (Å²) in [6.45, 7) is 4.74.